The monoisotopic (exact) mass is 204 g/mol. The van der Waals surface area contributed by atoms with Crippen molar-refractivity contribution in [3.05, 3.63) is 0 Å². The molecule has 0 aromatic carbocycles. The standard InChI is InChI=1S/C4H4ClF3N2O2/c5-1-2(11)9-10-3(1,12)4(6,7)8/h1,10,12H,(H,9,11). The third-order valence-corrected chi connectivity index (χ3v) is 1.92. The van der Waals surface area contributed by atoms with Crippen molar-refractivity contribution in [3.8, 4) is 0 Å². The average molecular weight is 205 g/mol. The highest BCUT2D eigenvalue weighted by molar-refractivity contribution is 6.32. The molecule has 1 aliphatic heterocycles. The summed E-state index contributed by atoms with van der Waals surface area (Å²) >= 11 is 5.01. The van der Waals surface area contributed by atoms with Crippen molar-refractivity contribution >= 4 is 17.5 Å². The van der Waals surface area contributed by atoms with Gasteiger partial charge >= 0.3 is 6.18 Å². The number of amides is 1. The predicted molar refractivity (Wildman–Crippen MR) is 31.9 cm³/mol. The zero-order valence-corrected chi connectivity index (χ0v) is 6.20. The maximum absolute atomic E-state index is 12.0. The first-order chi connectivity index (χ1) is 5.29. The first-order valence-electron chi connectivity index (χ1n) is 2.79. The summed E-state index contributed by atoms with van der Waals surface area (Å²) in [5, 5.41) is 6.74. The van der Waals surface area contributed by atoms with Crippen LogP contribution in [0.4, 0.5) is 13.2 Å². The maximum Gasteiger partial charge on any atom is 0.434 e. The normalized spacial score (nSPS) is 36.8. The Labute approximate surface area is 69.7 Å². The fourth-order valence-electron chi connectivity index (χ4n) is 0.688. The van der Waals surface area contributed by atoms with Gasteiger partial charge in [0.05, 0.1) is 0 Å². The molecular weight excluding hydrogens is 201 g/mol. The molecule has 1 saturated heterocycles. The van der Waals surface area contributed by atoms with E-state index in [1.54, 1.807) is 5.43 Å². The lowest BCUT2D eigenvalue weighted by Crippen LogP contribution is -2.59. The quantitative estimate of drug-likeness (QED) is 0.466. The molecule has 12 heavy (non-hydrogen) atoms. The van der Waals surface area contributed by atoms with E-state index in [2.05, 4.69) is 0 Å². The average Bonchev–Trinajstić information content (AvgIpc) is 2.16. The largest absolute Gasteiger partial charge is 0.434 e. The molecule has 0 radical (unpaired) electrons. The molecule has 4 nitrogen and oxygen atoms in total. The van der Waals surface area contributed by atoms with Crippen molar-refractivity contribution in [1.82, 2.24) is 10.9 Å². The molecule has 1 rings (SSSR count). The van der Waals surface area contributed by atoms with Crippen molar-refractivity contribution in [2.75, 3.05) is 0 Å². The van der Waals surface area contributed by atoms with Gasteiger partial charge in [0, 0.05) is 0 Å². The van der Waals surface area contributed by atoms with Crippen molar-refractivity contribution in [3.63, 3.8) is 0 Å². The van der Waals surface area contributed by atoms with Crippen LogP contribution in [0.2, 0.25) is 0 Å². The Morgan fingerprint density at radius 3 is 2.25 bits per heavy atom. The van der Waals surface area contributed by atoms with E-state index in [4.69, 9.17) is 16.7 Å². The van der Waals surface area contributed by atoms with Crippen LogP contribution < -0.4 is 10.9 Å². The number of carbonyl (C=O) groups is 1. The minimum atomic E-state index is -5.00. The first-order valence-corrected chi connectivity index (χ1v) is 3.23. The lowest BCUT2D eigenvalue weighted by molar-refractivity contribution is -0.266. The minimum absolute atomic E-state index is 1.11. The number of hydrogen-bond donors (Lipinski definition) is 3. The van der Waals surface area contributed by atoms with Crippen molar-refractivity contribution in [2.24, 2.45) is 0 Å². The molecule has 70 valence electrons. The molecule has 1 amide bonds. The van der Waals surface area contributed by atoms with Gasteiger partial charge < -0.3 is 5.11 Å². The lowest BCUT2D eigenvalue weighted by Gasteiger charge is -2.25. The van der Waals surface area contributed by atoms with Gasteiger partial charge in [-0.05, 0) is 0 Å². The second-order valence-electron chi connectivity index (χ2n) is 2.24. The number of hydrazine groups is 1. The van der Waals surface area contributed by atoms with Crippen LogP contribution in [0.15, 0.2) is 0 Å². The third-order valence-electron chi connectivity index (χ3n) is 1.41. The topological polar surface area (TPSA) is 61.4 Å². The molecule has 0 aromatic heterocycles. The van der Waals surface area contributed by atoms with Gasteiger partial charge in [-0.3, -0.25) is 10.2 Å². The summed E-state index contributed by atoms with van der Waals surface area (Å²) in [5.41, 5.74) is -0.436. The summed E-state index contributed by atoms with van der Waals surface area (Å²) in [6.45, 7) is 0. The highest BCUT2D eigenvalue weighted by Crippen LogP contribution is 2.35. The molecule has 1 heterocycles. The fourth-order valence-corrected chi connectivity index (χ4v) is 0.921. The summed E-state index contributed by atoms with van der Waals surface area (Å²) in [6.07, 6.45) is -5.00. The molecule has 2 unspecified atom stereocenters. The van der Waals surface area contributed by atoms with Crippen LogP contribution in [0.5, 0.6) is 0 Å². The van der Waals surface area contributed by atoms with E-state index in [1.165, 1.54) is 5.43 Å². The van der Waals surface area contributed by atoms with Gasteiger partial charge in [-0.2, -0.15) is 18.6 Å². The second kappa shape index (κ2) is 2.48. The molecule has 0 aromatic rings. The number of halogens is 4. The molecule has 3 N–H and O–H groups in total. The Bertz CT molecular complexity index is 221. The Morgan fingerprint density at radius 1 is 1.58 bits per heavy atom. The summed E-state index contributed by atoms with van der Waals surface area (Å²) in [7, 11) is 0. The Hall–Kier alpha value is -0.530. The first kappa shape index (κ1) is 9.56. The van der Waals surface area contributed by atoms with E-state index < -0.39 is 23.2 Å². The Morgan fingerprint density at radius 2 is 2.08 bits per heavy atom. The molecule has 1 fully saturated rings. The van der Waals surface area contributed by atoms with Gasteiger partial charge in [-0.25, -0.2) is 0 Å². The smallest absolute Gasteiger partial charge is 0.365 e. The molecule has 0 aliphatic carbocycles. The number of nitrogens with one attached hydrogen (secondary N) is 2. The van der Waals surface area contributed by atoms with Crippen LogP contribution in [0.1, 0.15) is 0 Å². The second-order valence-corrected chi connectivity index (χ2v) is 2.68. The van der Waals surface area contributed by atoms with Crippen molar-refractivity contribution in [2.45, 2.75) is 17.3 Å². The van der Waals surface area contributed by atoms with Crippen LogP contribution >= 0.6 is 11.6 Å². The maximum atomic E-state index is 12.0. The summed E-state index contributed by atoms with van der Waals surface area (Å²) < 4.78 is 35.9. The fraction of sp³-hybridized carbons (Fsp3) is 0.750. The van der Waals surface area contributed by atoms with Gasteiger partial charge in [0.1, 0.15) is 0 Å². The highest BCUT2D eigenvalue weighted by atomic mass is 35.5. The van der Waals surface area contributed by atoms with Gasteiger partial charge in [-0.1, -0.05) is 0 Å². The molecule has 2 atom stereocenters. The van der Waals surface area contributed by atoms with E-state index in [-0.39, 0.29) is 0 Å². The van der Waals surface area contributed by atoms with Crippen LogP contribution in [0.3, 0.4) is 0 Å². The third kappa shape index (κ3) is 1.13. The predicted octanol–water partition coefficient (Wildman–Crippen LogP) is -0.521. The van der Waals surface area contributed by atoms with Gasteiger partial charge in [0.15, 0.2) is 5.38 Å². The van der Waals surface area contributed by atoms with E-state index in [0.717, 1.165) is 0 Å². The zero-order valence-electron chi connectivity index (χ0n) is 5.44. The van der Waals surface area contributed by atoms with E-state index in [1.807, 2.05) is 0 Å². The molecule has 0 bridgehead atoms. The van der Waals surface area contributed by atoms with Crippen LogP contribution in [-0.4, -0.2) is 28.3 Å². The van der Waals surface area contributed by atoms with Crippen molar-refractivity contribution < 1.29 is 23.1 Å². The lowest BCUT2D eigenvalue weighted by atomic mass is 10.1. The Kier molecular flexibility index (Phi) is 1.97. The summed E-state index contributed by atoms with van der Waals surface area (Å²) in [5.74, 6) is -1.11. The zero-order chi connectivity index (χ0) is 9.57. The van der Waals surface area contributed by atoms with Crippen LogP contribution in [0.25, 0.3) is 0 Å². The highest BCUT2D eigenvalue weighted by Gasteiger charge is 2.64. The van der Waals surface area contributed by atoms with Gasteiger partial charge in [-0.15, -0.1) is 11.6 Å². The number of hydrogen-bond acceptors (Lipinski definition) is 3. The van der Waals surface area contributed by atoms with Crippen LogP contribution in [0, 0.1) is 0 Å². The summed E-state index contributed by atoms with van der Waals surface area (Å²) in [6, 6.07) is 0. The Balaban J connectivity index is 2.94. The molecule has 0 saturated carbocycles. The molecule has 1 aliphatic rings. The SMILES string of the molecule is O=C1NNC(O)(C(F)(F)F)C1Cl. The van der Waals surface area contributed by atoms with E-state index >= 15 is 0 Å². The number of carbonyl (C=O) groups excluding carboxylic acids is 1. The number of rotatable bonds is 0. The number of aliphatic hydroxyl groups is 1. The van der Waals surface area contributed by atoms with E-state index in [0.29, 0.717) is 0 Å². The van der Waals surface area contributed by atoms with Gasteiger partial charge in [0.25, 0.3) is 11.6 Å². The molecular formula is C4H4ClF3N2O2. The molecule has 8 heteroatoms. The number of alkyl halides is 4. The molecule has 0 spiro atoms. The van der Waals surface area contributed by atoms with Crippen molar-refractivity contribution in [1.29, 1.82) is 0 Å². The summed E-state index contributed by atoms with van der Waals surface area (Å²) in [4.78, 5) is 10.5. The van der Waals surface area contributed by atoms with Gasteiger partial charge in [0.2, 0.25) is 0 Å². The van der Waals surface area contributed by atoms with E-state index in [9.17, 15) is 18.0 Å². The minimum Gasteiger partial charge on any atom is -0.365 e. The van der Waals surface area contributed by atoms with Crippen LogP contribution in [-0.2, 0) is 4.79 Å².